The molecular formula is C18H11BrCl2N2O4. The first kappa shape index (κ1) is 19.4. The smallest absolute Gasteiger partial charge is 0.345 e. The van der Waals surface area contributed by atoms with Crippen molar-refractivity contribution < 1.29 is 18.8 Å². The second kappa shape index (κ2) is 8.12. The van der Waals surface area contributed by atoms with Gasteiger partial charge in [0.25, 0.3) is 5.91 Å². The molecule has 0 aliphatic carbocycles. The Hall–Kier alpha value is -2.35. The second-order valence-electron chi connectivity index (χ2n) is 5.29. The van der Waals surface area contributed by atoms with E-state index in [1.165, 1.54) is 7.11 Å². The van der Waals surface area contributed by atoms with Crippen molar-refractivity contribution in [3.8, 4) is 11.3 Å². The SMILES string of the molecule is COC(=O)c1c(-c2c(Cl)cccc2Cl)noc1NC(=O)c1cccc(Br)c1. The predicted molar refractivity (Wildman–Crippen MR) is 105 cm³/mol. The number of esters is 1. The van der Waals surface area contributed by atoms with Crippen LogP contribution in [0.5, 0.6) is 0 Å². The number of rotatable bonds is 4. The molecule has 1 amide bonds. The van der Waals surface area contributed by atoms with Crippen molar-refractivity contribution in [2.75, 3.05) is 12.4 Å². The third kappa shape index (κ3) is 4.00. The monoisotopic (exact) mass is 468 g/mol. The molecule has 0 fully saturated rings. The van der Waals surface area contributed by atoms with Crippen molar-refractivity contribution in [2.24, 2.45) is 0 Å². The average molecular weight is 470 g/mol. The zero-order valence-corrected chi connectivity index (χ0v) is 16.9. The first-order chi connectivity index (χ1) is 12.9. The largest absolute Gasteiger partial charge is 0.465 e. The number of benzene rings is 2. The van der Waals surface area contributed by atoms with E-state index in [1.807, 2.05) is 0 Å². The van der Waals surface area contributed by atoms with Crippen LogP contribution in [0.4, 0.5) is 5.88 Å². The number of amides is 1. The van der Waals surface area contributed by atoms with Crippen LogP contribution in [0.3, 0.4) is 0 Å². The Morgan fingerprint density at radius 1 is 1.15 bits per heavy atom. The average Bonchev–Trinajstić information content (AvgIpc) is 3.04. The van der Waals surface area contributed by atoms with Gasteiger partial charge in [-0.1, -0.05) is 56.4 Å². The fraction of sp³-hybridized carbons (Fsp3) is 0.0556. The molecule has 0 spiro atoms. The van der Waals surface area contributed by atoms with Gasteiger partial charge >= 0.3 is 5.97 Å². The van der Waals surface area contributed by atoms with E-state index in [9.17, 15) is 9.59 Å². The fourth-order valence-corrected chi connectivity index (χ4v) is 3.34. The highest BCUT2D eigenvalue weighted by molar-refractivity contribution is 9.10. The number of aromatic nitrogens is 1. The summed E-state index contributed by atoms with van der Waals surface area (Å²) in [6.07, 6.45) is 0. The number of hydrogen-bond acceptors (Lipinski definition) is 5. The lowest BCUT2D eigenvalue weighted by atomic mass is 10.1. The minimum atomic E-state index is -0.758. The van der Waals surface area contributed by atoms with Crippen LogP contribution in [0.15, 0.2) is 51.5 Å². The molecule has 1 heterocycles. The molecule has 3 rings (SSSR count). The molecule has 0 saturated heterocycles. The Morgan fingerprint density at radius 2 is 1.81 bits per heavy atom. The fourth-order valence-electron chi connectivity index (χ4n) is 2.37. The summed E-state index contributed by atoms with van der Waals surface area (Å²) in [6.45, 7) is 0. The van der Waals surface area contributed by atoms with Crippen molar-refractivity contribution in [1.82, 2.24) is 5.16 Å². The number of carbonyl (C=O) groups excluding carboxylic acids is 2. The summed E-state index contributed by atoms with van der Waals surface area (Å²) in [4.78, 5) is 24.8. The zero-order valence-electron chi connectivity index (χ0n) is 13.8. The lowest BCUT2D eigenvalue weighted by Gasteiger charge is -2.07. The second-order valence-corrected chi connectivity index (χ2v) is 7.02. The number of halogens is 3. The molecule has 0 saturated carbocycles. The van der Waals surface area contributed by atoms with Gasteiger partial charge in [0.05, 0.1) is 17.2 Å². The van der Waals surface area contributed by atoms with Crippen LogP contribution in [0.25, 0.3) is 11.3 Å². The Balaban J connectivity index is 2.06. The third-order valence-electron chi connectivity index (χ3n) is 3.60. The van der Waals surface area contributed by atoms with Crippen molar-refractivity contribution in [3.63, 3.8) is 0 Å². The van der Waals surface area contributed by atoms with Gasteiger partial charge in [-0.2, -0.15) is 0 Å². The summed E-state index contributed by atoms with van der Waals surface area (Å²) in [5, 5.41) is 6.93. The molecule has 0 unspecified atom stereocenters. The van der Waals surface area contributed by atoms with Gasteiger partial charge in [-0.05, 0) is 30.3 Å². The van der Waals surface area contributed by atoms with E-state index in [-0.39, 0.29) is 27.2 Å². The molecule has 0 bridgehead atoms. The molecule has 1 N–H and O–H groups in total. The minimum Gasteiger partial charge on any atom is -0.465 e. The molecule has 0 aliphatic heterocycles. The van der Waals surface area contributed by atoms with Gasteiger partial charge in [0.1, 0.15) is 5.69 Å². The molecule has 0 radical (unpaired) electrons. The molecule has 1 aromatic heterocycles. The van der Waals surface area contributed by atoms with E-state index in [0.29, 0.717) is 11.1 Å². The summed E-state index contributed by atoms with van der Waals surface area (Å²) in [6, 6.07) is 11.6. The number of methoxy groups -OCH3 is 1. The maximum absolute atomic E-state index is 12.5. The molecule has 2 aromatic carbocycles. The van der Waals surface area contributed by atoms with Crippen molar-refractivity contribution >= 4 is 56.9 Å². The van der Waals surface area contributed by atoms with Crippen LogP contribution in [-0.4, -0.2) is 24.1 Å². The summed E-state index contributed by atoms with van der Waals surface area (Å²) >= 11 is 15.7. The van der Waals surface area contributed by atoms with Crippen LogP contribution in [-0.2, 0) is 4.74 Å². The van der Waals surface area contributed by atoms with E-state index in [1.54, 1.807) is 42.5 Å². The van der Waals surface area contributed by atoms with E-state index < -0.39 is 11.9 Å². The zero-order chi connectivity index (χ0) is 19.6. The maximum atomic E-state index is 12.5. The number of anilines is 1. The Kier molecular flexibility index (Phi) is 5.84. The summed E-state index contributed by atoms with van der Waals surface area (Å²) in [5.41, 5.74) is 0.639. The van der Waals surface area contributed by atoms with Crippen molar-refractivity contribution in [1.29, 1.82) is 0 Å². The Labute approximate surface area is 172 Å². The summed E-state index contributed by atoms with van der Waals surface area (Å²) in [5.74, 6) is -1.42. The molecular weight excluding hydrogens is 459 g/mol. The van der Waals surface area contributed by atoms with Gasteiger partial charge in [-0.15, -0.1) is 0 Å². The maximum Gasteiger partial charge on any atom is 0.345 e. The third-order valence-corrected chi connectivity index (χ3v) is 4.72. The van der Waals surface area contributed by atoms with E-state index >= 15 is 0 Å². The quantitative estimate of drug-likeness (QED) is 0.513. The summed E-state index contributed by atoms with van der Waals surface area (Å²) in [7, 11) is 1.20. The Bertz CT molecular complexity index is 1020. The highest BCUT2D eigenvalue weighted by Crippen LogP contribution is 2.38. The molecule has 27 heavy (non-hydrogen) atoms. The predicted octanol–water partition coefficient (Wildman–Crippen LogP) is 5.45. The van der Waals surface area contributed by atoms with Gasteiger partial charge in [-0.3, -0.25) is 10.1 Å². The van der Waals surface area contributed by atoms with Gasteiger partial charge in [-0.25, -0.2) is 4.79 Å². The number of nitrogens with one attached hydrogen (secondary N) is 1. The van der Waals surface area contributed by atoms with Crippen LogP contribution >= 0.6 is 39.1 Å². The molecule has 3 aromatic rings. The molecule has 138 valence electrons. The Morgan fingerprint density at radius 3 is 2.44 bits per heavy atom. The number of ether oxygens (including phenoxy) is 1. The topological polar surface area (TPSA) is 81.4 Å². The standard InChI is InChI=1S/C18H11BrCl2N2O4/c1-26-18(25)14-15(13-11(20)6-3-7-12(13)21)23-27-17(14)22-16(24)9-4-2-5-10(19)8-9/h2-8H,1H3,(H,22,24). The van der Waals surface area contributed by atoms with Crippen LogP contribution in [0.2, 0.25) is 10.0 Å². The highest BCUT2D eigenvalue weighted by atomic mass is 79.9. The molecule has 9 heteroatoms. The van der Waals surface area contributed by atoms with E-state index in [0.717, 1.165) is 4.47 Å². The molecule has 0 aliphatic rings. The number of nitrogens with zero attached hydrogens (tertiary/aromatic N) is 1. The first-order valence-corrected chi connectivity index (χ1v) is 9.06. The van der Waals surface area contributed by atoms with Gasteiger partial charge in [0, 0.05) is 15.6 Å². The van der Waals surface area contributed by atoms with Gasteiger partial charge in [0.15, 0.2) is 5.56 Å². The van der Waals surface area contributed by atoms with E-state index in [2.05, 4.69) is 26.4 Å². The van der Waals surface area contributed by atoms with Crippen LogP contribution in [0.1, 0.15) is 20.7 Å². The lowest BCUT2D eigenvalue weighted by Crippen LogP contribution is -2.14. The van der Waals surface area contributed by atoms with Crippen LogP contribution < -0.4 is 5.32 Å². The van der Waals surface area contributed by atoms with E-state index in [4.69, 9.17) is 32.5 Å². The first-order valence-electron chi connectivity index (χ1n) is 7.51. The minimum absolute atomic E-state index is 0.0713. The molecule has 6 nitrogen and oxygen atoms in total. The highest BCUT2D eigenvalue weighted by Gasteiger charge is 2.28. The summed E-state index contributed by atoms with van der Waals surface area (Å²) < 4.78 is 10.7. The normalized spacial score (nSPS) is 10.5. The number of carbonyl (C=O) groups is 2. The van der Waals surface area contributed by atoms with Crippen molar-refractivity contribution in [3.05, 3.63) is 68.1 Å². The van der Waals surface area contributed by atoms with Gasteiger partial charge in [0.2, 0.25) is 5.88 Å². The van der Waals surface area contributed by atoms with Gasteiger partial charge < -0.3 is 9.26 Å². The lowest BCUT2D eigenvalue weighted by molar-refractivity contribution is 0.0602. The number of hydrogen-bond donors (Lipinski definition) is 1. The molecule has 0 atom stereocenters. The van der Waals surface area contributed by atoms with Crippen molar-refractivity contribution in [2.45, 2.75) is 0 Å². The van der Waals surface area contributed by atoms with Crippen LogP contribution in [0, 0.1) is 0 Å².